The Bertz CT molecular complexity index is 483. The molecule has 0 aromatic carbocycles. The summed E-state index contributed by atoms with van der Waals surface area (Å²) in [6.07, 6.45) is 6.19. The summed E-state index contributed by atoms with van der Waals surface area (Å²) in [4.78, 5) is 8.90. The summed E-state index contributed by atoms with van der Waals surface area (Å²) in [6, 6.07) is 0.512. The molecule has 7 nitrogen and oxygen atoms in total. The summed E-state index contributed by atoms with van der Waals surface area (Å²) in [7, 11) is 0. The third-order valence-corrected chi connectivity index (χ3v) is 3.93. The minimum absolute atomic E-state index is 0.157. The molecule has 130 valence electrons. The first-order valence-corrected chi connectivity index (χ1v) is 8.71. The summed E-state index contributed by atoms with van der Waals surface area (Å²) in [5.41, 5.74) is 0. The molecule has 1 aliphatic rings. The van der Waals surface area contributed by atoms with Crippen LogP contribution in [0.2, 0.25) is 0 Å². The van der Waals surface area contributed by atoms with E-state index in [-0.39, 0.29) is 6.10 Å². The van der Waals surface area contributed by atoms with Crippen LogP contribution in [0.4, 0.5) is 0 Å². The zero-order valence-corrected chi connectivity index (χ0v) is 14.5. The molecule has 7 heteroatoms. The van der Waals surface area contributed by atoms with Gasteiger partial charge in [-0.3, -0.25) is 0 Å². The van der Waals surface area contributed by atoms with Crippen molar-refractivity contribution in [2.24, 2.45) is 4.99 Å². The molecule has 2 N–H and O–H groups in total. The van der Waals surface area contributed by atoms with Gasteiger partial charge in [-0.15, -0.1) is 0 Å². The quantitative estimate of drug-likeness (QED) is 0.592. The second kappa shape index (κ2) is 9.50. The molecule has 1 fully saturated rings. The number of rotatable bonds is 7. The zero-order chi connectivity index (χ0) is 16.5. The smallest absolute Gasteiger partial charge is 0.248 e. The predicted octanol–water partition coefficient (Wildman–Crippen LogP) is 2.55. The average Bonchev–Trinajstić information content (AvgIpc) is 3.03. The fourth-order valence-electron chi connectivity index (χ4n) is 2.73. The van der Waals surface area contributed by atoms with Gasteiger partial charge in [0.05, 0.1) is 0 Å². The Balaban J connectivity index is 1.91. The largest absolute Gasteiger partial charge is 0.371 e. The highest BCUT2D eigenvalue weighted by atomic mass is 16.5. The van der Waals surface area contributed by atoms with Crippen molar-refractivity contribution < 1.29 is 9.26 Å². The van der Waals surface area contributed by atoms with Gasteiger partial charge in [0.2, 0.25) is 5.89 Å². The van der Waals surface area contributed by atoms with Crippen molar-refractivity contribution in [3.8, 4) is 0 Å². The fourth-order valence-corrected chi connectivity index (χ4v) is 2.73. The molecule has 0 amide bonds. The van der Waals surface area contributed by atoms with Crippen molar-refractivity contribution in [3.63, 3.8) is 0 Å². The van der Waals surface area contributed by atoms with Crippen LogP contribution < -0.4 is 10.6 Å². The van der Waals surface area contributed by atoms with E-state index in [0.717, 1.165) is 12.5 Å². The van der Waals surface area contributed by atoms with Gasteiger partial charge in [0, 0.05) is 19.2 Å². The van der Waals surface area contributed by atoms with Crippen LogP contribution in [0.5, 0.6) is 0 Å². The van der Waals surface area contributed by atoms with Crippen LogP contribution in [-0.2, 0) is 11.3 Å². The first-order chi connectivity index (χ1) is 11.2. The van der Waals surface area contributed by atoms with Crippen molar-refractivity contribution in [2.75, 3.05) is 13.2 Å². The molecular formula is C16H29N5O2. The molecule has 0 saturated heterocycles. The van der Waals surface area contributed by atoms with Gasteiger partial charge in [0.25, 0.3) is 0 Å². The number of aromatic nitrogens is 2. The van der Waals surface area contributed by atoms with Crippen LogP contribution in [0.25, 0.3) is 0 Å². The molecule has 0 bridgehead atoms. The van der Waals surface area contributed by atoms with Gasteiger partial charge >= 0.3 is 0 Å². The minimum Gasteiger partial charge on any atom is -0.371 e. The Kier molecular flexibility index (Phi) is 7.32. The molecule has 1 saturated carbocycles. The van der Waals surface area contributed by atoms with Crippen LogP contribution >= 0.6 is 0 Å². The third-order valence-electron chi connectivity index (χ3n) is 3.93. The van der Waals surface area contributed by atoms with Crippen LogP contribution in [0, 0.1) is 0 Å². The molecule has 1 aromatic rings. The number of aliphatic imine (C=N–C) groups is 1. The van der Waals surface area contributed by atoms with Crippen molar-refractivity contribution in [1.29, 1.82) is 0 Å². The van der Waals surface area contributed by atoms with Crippen molar-refractivity contribution >= 4 is 5.96 Å². The molecule has 1 aliphatic carbocycles. The second-order valence-corrected chi connectivity index (χ2v) is 5.82. The second-order valence-electron chi connectivity index (χ2n) is 5.82. The molecule has 0 aliphatic heterocycles. The lowest BCUT2D eigenvalue weighted by Crippen LogP contribution is -2.44. The van der Waals surface area contributed by atoms with Gasteiger partial charge in [0.1, 0.15) is 12.6 Å². The summed E-state index contributed by atoms with van der Waals surface area (Å²) < 4.78 is 10.7. The number of guanidine groups is 1. The van der Waals surface area contributed by atoms with Gasteiger partial charge in [-0.1, -0.05) is 24.4 Å². The lowest BCUT2D eigenvalue weighted by atomic mass is 9.96. The molecule has 1 heterocycles. The number of nitrogens with one attached hydrogen (secondary N) is 2. The minimum atomic E-state index is -0.157. The standard InChI is InChI=1S/C16H29N5O2/c1-4-17-16(19-13-9-7-6-8-10-13)18-11-14-20-15(21-23-14)12(3)22-5-2/h12-13H,4-11H2,1-3H3,(H2,17,18,19). The summed E-state index contributed by atoms with van der Waals surface area (Å²) in [5, 5.41) is 10.7. The zero-order valence-electron chi connectivity index (χ0n) is 14.5. The molecule has 23 heavy (non-hydrogen) atoms. The first kappa shape index (κ1) is 17.7. The van der Waals surface area contributed by atoms with Gasteiger partial charge in [-0.05, 0) is 33.6 Å². The maximum absolute atomic E-state index is 5.46. The van der Waals surface area contributed by atoms with Crippen LogP contribution in [0.3, 0.4) is 0 Å². The number of hydrogen-bond acceptors (Lipinski definition) is 5. The number of ether oxygens (including phenoxy) is 1. The Morgan fingerprint density at radius 3 is 2.83 bits per heavy atom. The highest BCUT2D eigenvalue weighted by Crippen LogP contribution is 2.17. The molecular weight excluding hydrogens is 294 g/mol. The lowest BCUT2D eigenvalue weighted by Gasteiger charge is -2.24. The maximum atomic E-state index is 5.46. The summed E-state index contributed by atoms with van der Waals surface area (Å²) >= 11 is 0. The van der Waals surface area contributed by atoms with E-state index in [9.17, 15) is 0 Å². The van der Waals surface area contributed by atoms with E-state index < -0.39 is 0 Å². The maximum Gasteiger partial charge on any atom is 0.248 e. The highest BCUT2D eigenvalue weighted by molar-refractivity contribution is 5.80. The van der Waals surface area contributed by atoms with Crippen molar-refractivity contribution in [3.05, 3.63) is 11.7 Å². The van der Waals surface area contributed by atoms with E-state index in [2.05, 4.69) is 32.7 Å². The number of nitrogens with zero attached hydrogens (tertiary/aromatic N) is 3. The Hall–Kier alpha value is -1.63. The molecule has 2 rings (SSSR count). The van der Waals surface area contributed by atoms with E-state index in [1.807, 2.05) is 13.8 Å². The predicted molar refractivity (Wildman–Crippen MR) is 89.2 cm³/mol. The molecule has 0 spiro atoms. The van der Waals surface area contributed by atoms with Gasteiger partial charge in [0.15, 0.2) is 11.8 Å². The molecule has 1 atom stereocenters. The third kappa shape index (κ3) is 5.82. The first-order valence-electron chi connectivity index (χ1n) is 8.71. The molecule has 1 unspecified atom stereocenters. The summed E-state index contributed by atoms with van der Waals surface area (Å²) in [5.74, 6) is 1.90. The topological polar surface area (TPSA) is 84.6 Å². The van der Waals surface area contributed by atoms with Gasteiger partial charge in [-0.25, -0.2) is 4.99 Å². The van der Waals surface area contributed by atoms with Gasteiger partial charge in [-0.2, -0.15) is 4.98 Å². The Morgan fingerprint density at radius 2 is 2.13 bits per heavy atom. The molecule has 1 aromatic heterocycles. The van der Waals surface area contributed by atoms with Crippen molar-refractivity contribution in [1.82, 2.24) is 20.8 Å². The van der Waals surface area contributed by atoms with Gasteiger partial charge < -0.3 is 19.9 Å². The Morgan fingerprint density at radius 1 is 1.35 bits per heavy atom. The lowest BCUT2D eigenvalue weighted by molar-refractivity contribution is 0.0683. The SMILES string of the molecule is CCNC(=NCc1nc(C(C)OCC)no1)NC1CCCCC1. The number of hydrogen-bond donors (Lipinski definition) is 2. The van der Waals surface area contributed by atoms with Crippen molar-refractivity contribution in [2.45, 2.75) is 71.6 Å². The van der Waals surface area contributed by atoms with Crippen LogP contribution in [-0.4, -0.2) is 35.3 Å². The normalized spacial score (nSPS) is 18.0. The fraction of sp³-hybridized carbons (Fsp3) is 0.812. The monoisotopic (exact) mass is 323 g/mol. The highest BCUT2D eigenvalue weighted by Gasteiger charge is 2.16. The molecule has 0 radical (unpaired) electrons. The van der Waals surface area contributed by atoms with E-state index >= 15 is 0 Å². The summed E-state index contributed by atoms with van der Waals surface area (Å²) in [6.45, 7) is 7.74. The van der Waals surface area contributed by atoms with E-state index in [1.165, 1.54) is 32.1 Å². The van der Waals surface area contributed by atoms with Crippen LogP contribution in [0.1, 0.15) is 70.7 Å². The average molecular weight is 323 g/mol. The Labute approximate surface area is 138 Å². The van der Waals surface area contributed by atoms with E-state index in [0.29, 0.717) is 30.9 Å². The van der Waals surface area contributed by atoms with E-state index in [1.54, 1.807) is 0 Å². The van der Waals surface area contributed by atoms with Crippen LogP contribution in [0.15, 0.2) is 9.52 Å². The van der Waals surface area contributed by atoms with E-state index in [4.69, 9.17) is 9.26 Å².